The van der Waals surface area contributed by atoms with Gasteiger partial charge in [-0.3, -0.25) is 5.41 Å². The minimum Gasteiger partial charge on any atom is -0.490 e. The van der Waals surface area contributed by atoms with Gasteiger partial charge in [-0.1, -0.05) is 6.07 Å². The Kier molecular flexibility index (Phi) is 4.71. The highest BCUT2D eigenvalue weighted by molar-refractivity contribution is 7.98. The summed E-state index contributed by atoms with van der Waals surface area (Å²) in [6.07, 6.45) is 4.27. The van der Waals surface area contributed by atoms with Crippen LogP contribution in [0.25, 0.3) is 0 Å². The van der Waals surface area contributed by atoms with Gasteiger partial charge in [0, 0.05) is 18.0 Å². The molecule has 19 heavy (non-hydrogen) atoms. The maximum atomic E-state index is 7.75. The average molecular weight is 279 g/mol. The number of thioether (sulfide) groups is 1. The van der Waals surface area contributed by atoms with E-state index in [1.807, 2.05) is 24.5 Å². The van der Waals surface area contributed by atoms with E-state index >= 15 is 0 Å². The molecule has 0 saturated carbocycles. The summed E-state index contributed by atoms with van der Waals surface area (Å²) in [5.41, 5.74) is 6.43. The summed E-state index contributed by atoms with van der Waals surface area (Å²) in [6.45, 7) is 2.12. The van der Waals surface area contributed by atoms with Crippen LogP contribution in [0, 0.1) is 5.41 Å². The van der Waals surface area contributed by atoms with E-state index in [-0.39, 0.29) is 11.9 Å². The van der Waals surface area contributed by atoms with Crippen LogP contribution in [-0.4, -0.2) is 43.2 Å². The molecule has 0 atom stereocenters. The van der Waals surface area contributed by atoms with Crippen LogP contribution in [0.1, 0.15) is 18.4 Å². The van der Waals surface area contributed by atoms with Crippen molar-refractivity contribution in [2.75, 3.05) is 26.4 Å². The van der Waals surface area contributed by atoms with Crippen molar-refractivity contribution in [1.82, 2.24) is 4.90 Å². The number of nitrogen functional groups attached to an aromatic ring is 1. The molecule has 1 heterocycles. The standard InChI is InChI=1S/C14H21N3OS/c1-17-8-6-10(7-9-17)18-11-4-3-5-12(19-2)13(11)14(15)16/h3-5,10H,6-9H2,1-2H3,(H3,15,16). The Morgan fingerprint density at radius 1 is 1.42 bits per heavy atom. The lowest BCUT2D eigenvalue weighted by atomic mass is 10.1. The van der Waals surface area contributed by atoms with E-state index < -0.39 is 0 Å². The molecule has 4 nitrogen and oxygen atoms in total. The van der Waals surface area contributed by atoms with Crippen LogP contribution < -0.4 is 10.5 Å². The van der Waals surface area contributed by atoms with Gasteiger partial charge in [0.2, 0.25) is 0 Å². The minimum atomic E-state index is 0.0767. The summed E-state index contributed by atoms with van der Waals surface area (Å²) >= 11 is 1.59. The highest BCUT2D eigenvalue weighted by atomic mass is 32.2. The number of likely N-dealkylation sites (tertiary alicyclic amines) is 1. The SMILES string of the molecule is CSc1cccc(OC2CCN(C)CC2)c1C(=N)N. The number of piperidine rings is 1. The van der Waals surface area contributed by atoms with Gasteiger partial charge < -0.3 is 15.4 Å². The van der Waals surface area contributed by atoms with Crippen molar-refractivity contribution in [3.63, 3.8) is 0 Å². The molecule has 104 valence electrons. The lowest BCUT2D eigenvalue weighted by Gasteiger charge is -2.30. The van der Waals surface area contributed by atoms with Crippen LogP contribution in [0.5, 0.6) is 5.75 Å². The molecular weight excluding hydrogens is 258 g/mol. The minimum absolute atomic E-state index is 0.0767. The molecular formula is C14H21N3OS. The number of hydrogen-bond acceptors (Lipinski definition) is 4. The van der Waals surface area contributed by atoms with Crippen molar-refractivity contribution in [1.29, 1.82) is 5.41 Å². The topological polar surface area (TPSA) is 62.3 Å². The number of amidine groups is 1. The molecule has 3 N–H and O–H groups in total. The van der Waals surface area contributed by atoms with E-state index in [1.54, 1.807) is 11.8 Å². The Labute approximate surface area is 118 Å². The van der Waals surface area contributed by atoms with Crippen molar-refractivity contribution in [3.8, 4) is 5.75 Å². The molecule has 1 fully saturated rings. The zero-order valence-corrected chi connectivity index (χ0v) is 12.3. The molecule has 1 aliphatic heterocycles. The van der Waals surface area contributed by atoms with Crippen LogP contribution in [0.4, 0.5) is 0 Å². The predicted molar refractivity (Wildman–Crippen MR) is 80.4 cm³/mol. The van der Waals surface area contributed by atoms with E-state index in [0.717, 1.165) is 42.1 Å². The van der Waals surface area contributed by atoms with Gasteiger partial charge in [-0.15, -0.1) is 11.8 Å². The monoisotopic (exact) mass is 279 g/mol. The van der Waals surface area contributed by atoms with Gasteiger partial charge in [-0.2, -0.15) is 0 Å². The molecule has 1 aromatic carbocycles. The first-order chi connectivity index (χ1) is 9.11. The molecule has 1 aliphatic rings. The van der Waals surface area contributed by atoms with Crippen LogP contribution in [0.15, 0.2) is 23.1 Å². The van der Waals surface area contributed by atoms with Gasteiger partial charge in [-0.25, -0.2) is 0 Å². The van der Waals surface area contributed by atoms with E-state index in [9.17, 15) is 0 Å². The molecule has 0 aromatic heterocycles. The smallest absolute Gasteiger partial charge is 0.131 e. The molecule has 0 radical (unpaired) electrons. The van der Waals surface area contributed by atoms with Gasteiger partial charge in [0.25, 0.3) is 0 Å². The zero-order chi connectivity index (χ0) is 13.8. The van der Waals surface area contributed by atoms with Gasteiger partial charge in [-0.05, 0) is 38.3 Å². The molecule has 0 spiro atoms. The van der Waals surface area contributed by atoms with Crippen molar-refractivity contribution >= 4 is 17.6 Å². The summed E-state index contributed by atoms with van der Waals surface area (Å²) in [4.78, 5) is 3.31. The summed E-state index contributed by atoms with van der Waals surface area (Å²) in [6, 6.07) is 5.85. The second kappa shape index (κ2) is 6.30. The quantitative estimate of drug-likeness (QED) is 0.504. The summed E-state index contributed by atoms with van der Waals surface area (Å²) in [5.74, 6) is 0.821. The zero-order valence-electron chi connectivity index (χ0n) is 11.5. The second-order valence-electron chi connectivity index (χ2n) is 4.87. The fourth-order valence-electron chi connectivity index (χ4n) is 2.33. The summed E-state index contributed by atoms with van der Waals surface area (Å²) in [5, 5.41) is 7.75. The van der Waals surface area contributed by atoms with E-state index in [4.69, 9.17) is 15.9 Å². The van der Waals surface area contributed by atoms with Gasteiger partial charge in [0.15, 0.2) is 0 Å². The first-order valence-corrected chi connectivity index (χ1v) is 7.71. The van der Waals surface area contributed by atoms with Crippen LogP contribution in [0.3, 0.4) is 0 Å². The Bertz CT molecular complexity index is 456. The van der Waals surface area contributed by atoms with E-state index in [0.29, 0.717) is 0 Å². The van der Waals surface area contributed by atoms with Crippen molar-refractivity contribution in [3.05, 3.63) is 23.8 Å². The third-order valence-corrected chi connectivity index (χ3v) is 4.22. The Morgan fingerprint density at radius 3 is 2.68 bits per heavy atom. The van der Waals surface area contributed by atoms with Crippen LogP contribution in [-0.2, 0) is 0 Å². The molecule has 1 saturated heterocycles. The first-order valence-electron chi connectivity index (χ1n) is 6.48. The summed E-state index contributed by atoms with van der Waals surface area (Å²) in [7, 11) is 2.13. The molecule has 2 rings (SSSR count). The maximum Gasteiger partial charge on any atom is 0.131 e. The van der Waals surface area contributed by atoms with Crippen LogP contribution >= 0.6 is 11.8 Å². The number of rotatable bonds is 4. The number of nitrogens with one attached hydrogen (secondary N) is 1. The van der Waals surface area contributed by atoms with E-state index in [1.165, 1.54) is 0 Å². The second-order valence-corrected chi connectivity index (χ2v) is 5.72. The Hall–Kier alpha value is -1.20. The Balaban J connectivity index is 2.17. The van der Waals surface area contributed by atoms with Gasteiger partial charge >= 0.3 is 0 Å². The molecule has 0 amide bonds. The highest BCUT2D eigenvalue weighted by Crippen LogP contribution is 2.30. The number of benzene rings is 1. The normalized spacial score (nSPS) is 17.4. The van der Waals surface area contributed by atoms with Crippen molar-refractivity contribution < 1.29 is 4.74 Å². The first kappa shape index (κ1) is 14.2. The maximum absolute atomic E-state index is 7.75. The molecule has 5 heteroatoms. The van der Waals surface area contributed by atoms with E-state index in [2.05, 4.69) is 11.9 Å². The predicted octanol–water partition coefficient (Wildman–Crippen LogP) is 2.17. The third kappa shape index (κ3) is 3.42. The average Bonchev–Trinajstić information content (AvgIpc) is 2.40. The molecule has 0 unspecified atom stereocenters. The fourth-order valence-corrected chi connectivity index (χ4v) is 2.96. The number of hydrogen-bond donors (Lipinski definition) is 2. The van der Waals surface area contributed by atoms with Gasteiger partial charge in [0.1, 0.15) is 17.7 Å². The fraction of sp³-hybridized carbons (Fsp3) is 0.500. The Morgan fingerprint density at radius 2 is 2.11 bits per heavy atom. The number of nitrogens with two attached hydrogens (primary N) is 1. The lowest BCUT2D eigenvalue weighted by molar-refractivity contribution is 0.114. The lowest BCUT2D eigenvalue weighted by Crippen LogP contribution is -2.36. The number of ether oxygens (including phenoxy) is 1. The summed E-state index contributed by atoms with van der Waals surface area (Å²) < 4.78 is 6.08. The molecule has 1 aromatic rings. The number of nitrogens with zero attached hydrogens (tertiary/aromatic N) is 1. The van der Waals surface area contributed by atoms with Gasteiger partial charge in [0.05, 0.1) is 5.56 Å². The molecule has 0 aliphatic carbocycles. The van der Waals surface area contributed by atoms with Crippen LogP contribution in [0.2, 0.25) is 0 Å². The van der Waals surface area contributed by atoms with Crippen molar-refractivity contribution in [2.24, 2.45) is 5.73 Å². The van der Waals surface area contributed by atoms with Crippen molar-refractivity contribution in [2.45, 2.75) is 23.8 Å². The highest BCUT2D eigenvalue weighted by Gasteiger charge is 2.20. The largest absolute Gasteiger partial charge is 0.490 e. The third-order valence-electron chi connectivity index (χ3n) is 3.44. The molecule has 0 bridgehead atoms.